The maximum absolute atomic E-state index is 12.7. The molecule has 0 aliphatic heterocycles. The van der Waals surface area contributed by atoms with E-state index in [1.807, 2.05) is 0 Å². The molecule has 0 aliphatic rings. The summed E-state index contributed by atoms with van der Waals surface area (Å²) in [4.78, 5) is 35.0. The van der Waals surface area contributed by atoms with Crippen LogP contribution in [0.3, 0.4) is 0 Å². The topological polar surface area (TPSA) is 108 Å². The second kappa shape index (κ2) is 52.4. The van der Waals surface area contributed by atoms with Gasteiger partial charge in [0.15, 0.2) is 6.10 Å². The second-order valence-electron chi connectivity index (χ2n) is 19.7. The molecule has 388 valence electrons. The number of carbonyl (C=O) groups is 2. The highest BCUT2D eigenvalue weighted by Gasteiger charge is 2.25. The highest BCUT2D eigenvalue weighted by molar-refractivity contribution is 7.47. The van der Waals surface area contributed by atoms with Gasteiger partial charge < -0.3 is 14.4 Å². The SMILES string of the molecule is CCCCCCCCCCCCCCCCCCCCCCCCCCC(=O)OC(COC(=O)CCCCCCCCCCCCCCCCCCCCCCC)COP(=O)(O)OCC. The molecule has 2 unspecified atom stereocenters. The van der Waals surface area contributed by atoms with Gasteiger partial charge in [0, 0.05) is 12.8 Å². The Labute approximate surface area is 404 Å². The molecule has 8 nitrogen and oxygen atoms in total. The van der Waals surface area contributed by atoms with Gasteiger partial charge in [-0.2, -0.15) is 0 Å². The normalized spacial score (nSPS) is 13.0. The molecular formula is C56H111O8P. The Balaban J connectivity index is 3.85. The summed E-state index contributed by atoms with van der Waals surface area (Å²) in [5.41, 5.74) is 0. The van der Waals surface area contributed by atoms with E-state index in [0.29, 0.717) is 6.42 Å². The molecule has 0 aromatic heterocycles. The maximum Gasteiger partial charge on any atom is 0.472 e. The number of phosphoric ester groups is 1. The van der Waals surface area contributed by atoms with Gasteiger partial charge in [-0.05, 0) is 19.8 Å². The summed E-state index contributed by atoms with van der Waals surface area (Å²) >= 11 is 0. The van der Waals surface area contributed by atoms with Gasteiger partial charge in [0.25, 0.3) is 0 Å². The Morgan fingerprint density at radius 2 is 0.600 bits per heavy atom. The van der Waals surface area contributed by atoms with Crippen molar-refractivity contribution in [3.8, 4) is 0 Å². The van der Waals surface area contributed by atoms with Crippen molar-refractivity contribution in [1.82, 2.24) is 0 Å². The van der Waals surface area contributed by atoms with Gasteiger partial charge in [-0.3, -0.25) is 18.6 Å². The van der Waals surface area contributed by atoms with Crippen molar-refractivity contribution < 1.29 is 37.6 Å². The van der Waals surface area contributed by atoms with E-state index in [9.17, 15) is 19.0 Å². The first-order valence-electron chi connectivity index (χ1n) is 28.8. The molecule has 2 atom stereocenters. The Hall–Kier alpha value is -0.950. The van der Waals surface area contributed by atoms with E-state index >= 15 is 0 Å². The van der Waals surface area contributed by atoms with Gasteiger partial charge in [-0.15, -0.1) is 0 Å². The van der Waals surface area contributed by atoms with Crippen LogP contribution in [0.15, 0.2) is 0 Å². The molecule has 0 fully saturated rings. The number of hydrogen-bond donors (Lipinski definition) is 1. The van der Waals surface area contributed by atoms with E-state index in [2.05, 4.69) is 13.8 Å². The van der Waals surface area contributed by atoms with E-state index in [1.165, 1.54) is 250 Å². The van der Waals surface area contributed by atoms with E-state index in [0.717, 1.165) is 38.5 Å². The fourth-order valence-electron chi connectivity index (χ4n) is 8.93. The molecule has 9 heteroatoms. The molecule has 0 aromatic carbocycles. The molecule has 0 heterocycles. The van der Waals surface area contributed by atoms with E-state index in [-0.39, 0.29) is 32.2 Å². The highest BCUT2D eigenvalue weighted by Crippen LogP contribution is 2.43. The molecule has 0 amide bonds. The fourth-order valence-corrected chi connectivity index (χ4v) is 9.69. The molecule has 65 heavy (non-hydrogen) atoms. The Morgan fingerprint density at radius 3 is 0.862 bits per heavy atom. The smallest absolute Gasteiger partial charge is 0.462 e. The minimum absolute atomic E-state index is 0.00624. The summed E-state index contributed by atoms with van der Waals surface area (Å²) in [7, 11) is -4.28. The summed E-state index contributed by atoms with van der Waals surface area (Å²) in [6, 6.07) is 0. The van der Waals surface area contributed by atoms with Crippen molar-refractivity contribution in [2.75, 3.05) is 19.8 Å². The molecule has 0 bridgehead atoms. The number of rotatable bonds is 55. The molecule has 0 saturated heterocycles. The number of esters is 2. The predicted molar refractivity (Wildman–Crippen MR) is 277 cm³/mol. The summed E-state index contributed by atoms with van der Waals surface area (Å²) in [5.74, 6) is -0.771. The van der Waals surface area contributed by atoms with Crippen LogP contribution < -0.4 is 0 Å². The van der Waals surface area contributed by atoms with Crippen LogP contribution in [0.5, 0.6) is 0 Å². The van der Waals surface area contributed by atoms with E-state index in [1.54, 1.807) is 6.92 Å². The fraction of sp³-hybridized carbons (Fsp3) is 0.964. The summed E-state index contributed by atoms with van der Waals surface area (Å²) < 4.78 is 32.9. The second-order valence-corrected chi connectivity index (χ2v) is 21.1. The largest absolute Gasteiger partial charge is 0.472 e. The van der Waals surface area contributed by atoms with Crippen LogP contribution in [0.2, 0.25) is 0 Å². The highest BCUT2D eigenvalue weighted by atomic mass is 31.2. The van der Waals surface area contributed by atoms with Crippen molar-refractivity contribution in [2.45, 2.75) is 329 Å². The lowest BCUT2D eigenvalue weighted by atomic mass is 10.0. The molecule has 0 saturated carbocycles. The van der Waals surface area contributed by atoms with Gasteiger partial charge >= 0.3 is 19.8 Å². The van der Waals surface area contributed by atoms with Crippen molar-refractivity contribution in [3.05, 3.63) is 0 Å². The van der Waals surface area contributed by atoms with Gasteiger partial charge in [0.1, 0.15) is 6.61 Å². The standard InChI is InChI=1S/C56H111O8P/c1-4-7-9-11-13-15-17-19-21-23-25-27-28-29-31-33-35-37-39-41-43-45-47-49-51-56(58)64-54(53-63-65(59,60)62-6-3)52-61-55(57)50-48-46-44-42-40-38-36-34-32-30-26-24-22-20-18-16-14-12-10-8-5-2/h54H,4-53H2,1-3H3,(H,59,60). The lowest BCUT2D eigenvalue weighted by Crippen LogP contribution is -2.29. The number of phosphoric acid groups is 1. The third kappa shape index (κ3) is 52.3. The minimum atomic E-state index is -4.28. The van der Waals surface area contributed by atoms with Gasteiger partial charge in [0.05, 0.1) is 13.2 Å². The summed E-state index contributed by atoms with van der Waals surface area (Å²) in [6.45, 7) is 5.57. The van der Waals surface area contributed by atoms with E-state index in [4.69, 9.17) is 18.5 Å². The first kappa shape index (κ1) is 64.0. The molecule has 0 spiro atoms. The van der Waals surface area contributed by atoms with Crippen LogP contribution in [0, 0.1) is 0 Å². The quantitative estimate of drug-likeness (QED) is 0.0365. The summed E-state index contributed by atoms with van der Waals surface area (Å²) in [5, 5.41) is 0. The number of hydrogen-bond acceptors (Lipinski definition) is 7. The van der Waals surface area contributed by atoms with Crippen LogP contribution in [0.4, 0.5) is 0 Å². The number of ether oxygens (including phenoxy) is 2. The summed E-state index contributed by atoms with van der Waals surface area (Å²) in [6.07, 6.45) is 59.0. The maximum atomic E-state index is 12.7. The molecular weight excluding hydrogens is 832 g/mol. The Bertz CT molecular complexity index is 1020. The van der Waals surface area contributed by atoms with Crippen molar-refractivity contribution in [2.24, 2.45) is 0 Å². The average Bonchev–Trinajstić information content (AvgIpc) is 3.29. The molecule has 0 radical (unpaired) electrons. The number of carbonyl (C=O) groups excluding carboxylic acids is 2. The molecule has 0 aliphatic carbocycles. The third-order valence-electron chi connectivity index (χ3n) is 13.2. The first-order chi connectivity index (χ1) is 31.8. The van der Waals surface area contributed by atoms with Gasteiger partial charge in [-0.25, -0.2) is 4.57 Å². The Morgan fingerprint density at radius 1 is 0.354 bits per heavy atom. The third-order valence-corrected chi connectivity index (χ3v) is 14.2. The van der Waals surface area contributed by atoms with Crippen LogP contribution in [-0.4, -0.2) is 42.8 Å². The van der Waals surface area contributed by atoms with Gasteiger partial charge in [-0.1, -0.05) is 290 Å². The average molecular weight is 943 g/mol. The minimum Gasteiger partial charge on any atom is -0.462 e. The Kier molecular flexibility index (Phi) is 51.7. The van der Waals surface area contributed by atoms with Crippen molar-refractivity contribution in [1.29, 1.82) is 0 Å². The lowest BCUT2D eigenvalue weighted by Gasteiger charge is -2.19. The molecule has 0 aromatic rings. The van der Waals surface area contributed by atoms with E-state index < -0.39 is 19.9 Å². The van der Waals surface area contributed by atoms with Crippen molar-refractivity contribution >= 4 is 19.8 Å². The predicted octanol–water partition coefficient (Wildman–Crippen LogP) is 19.0. The lowest BCUT2D eigenvalue weighted by molar-refractivity contribution is -0.161. The zero-order chi connectivity index (χ0) is 47.4. The van der Waals surface area contributed by atoms with Crippen molar-refractivity contribution in [3.63, 3.8) is 0 Å². The molecule has 1 N–H and O–H groups in total. The zero-order valence-electron chi connectivity index (χ0n) is 43.7. The monoisotopic (exact) mass is 943 g/mol. The van der Waals surface area contributed by atoms with Crippen LogP contribution in [-0.2, 0) is 32.7 Å². The van der Waals surface area contributed by atoms with Crippen LogP contribution >= 0.6 is 7.82 Å². The van der Waals surface area contributed by atoms with Crippen LogP contribution in [0.1, 0.15) is 323 Å². The van der Waals surface area contributed by atoms with Crippen LogP contribution in [0.25, 0.3) is 0 Å². The first-order valence-corrected chi connectivity index (χ1v) is 30.3. The molecule has 0 rings (SSSR count). The number of unbranched alkanes of at least 4 members (excludes halogenated alkanes) is 43. The zero-order valence-corrected chi connectivity index (χ0v) is 44.6. The van der Waals surface area contributed by atoms with Gasteiger partial charge in [0.2, 0.25) is 0 Å².